The molecule has 0 aromatic heterocycles. The molecule has 6 aromatic rings. The average Bonchev–Trinajstić information content (AvgIpc) is 3.39. The van der Waals surface area contributed by atoms with Crippen LogP contribution in [0.25, 0.3) is 0 Å². The number of esters is 2. The first-order valence-corrected chi connectivity index (χ1v) is 25.0. The summed E-state index contributed by atoms with van der Waals surface area (Å²) in [5.74, 6) is -4.06. The lowest BCUT2D eigenvalue weighted by Gasteiger charge is -2.57. The molecule has 0 spiro atoms. The highest BCUT2D eigenvalue weighted by molar-refractivity contribution is 6.02. The van der Waals surface area contributed by atoms with E-state index in [1.807, 2.05) is 97.1 Å². The minimum atomic E-state index is -1.37. The van der Waals surface area contributed by atoms with Crippen molar-refractivity contribution >= 4 is 35.3 Å². The summed E-state index contributed by atoms with van der Waals surface area (Å²) in [5, 5.41) is 9.31. The lowest BCUT2D eigenvalue weighted by atomic mass is 9.49. The number of amides is 3. The van der Waals surface area contributed by atoms with E-state index in [-0.39, 0.29) is 53.3 Å². The van der Waals surface area contributed by atoms with Crippen molar-refractivity contribution < 1.29 is 37.8 Å². The summed E-state index contributed by atoms with van der Waals surface area (Å²) >= 11 is 0. The fourth-order valence-electron chi connectivity index (χ4n) is 13.3. The smallest absolute Gasteiger partial charge is 0.338 e. The summed E-state index contributed by atoms with van der Waals surface area (Å²) in [7, 11) is 0. The first kappa shape index (κ1) is 46.0. The van der Waals surface area contributed by atoms with Gasteiger partial charge in [0, 0.05) is 30.5 Å². The summed E-state index contributed by atoms with van der Waals surface area (Å²) in [4.78, 5) is 72.8. The van der Waals surface area contributed by atoms with Crippen molar-refractivity contribution in [2.75, 3.05) is 11.9 Å². The largest absolute Gasteiger partial charge is 0.457 e. The van der Waals surface area contributed by atoms with Crippen LogP contribution in [-0.2, 0) is 43.5 Å². The Kier molecular flexibility index (Phi) is 12.6. The van der Waals surface area contributed by atoms with Crippen LogP contribution in [0, 0.1) is 40.8 Å². The Morgan fingerprint density at radius 3 is 1.51 bits per heavy atom. The molecule has 4 fully saturated rings. The maximum absolute atomic E-state index is 15.6. The fourth-order valence-corrected chi connectivity index (χ4v) is 13.3. The number of carbonyl (C=O) groups is 5. The second-order valence-electron chi connectivity index (χ2n) is 20.7. The third kappa shape index (κ3) is 9.37. The van der Waals surface area contributed by atoms with Gasteiger partial charge in [0.05, 0.1) is 23.0 Å². The van der Waals surface area contributed by atoms with Crippen LogP contribution in [-0.4, -0.2) is 42.2 Å². The van der Waals surface area contributed by atoms with Crippen molar-refractivity contribution in [2.24, 2.45) is 35.0 Å². The van der Waals surface area contributed by atoms with E-state index in [2.05, 4.69) is 28.1 Å². The van der Waals surface area contributed by atoms with E-state index in [4.69, 9.17) is 9.47 Å². The van der Waals surface area contributed by atoms with Gasteiger partial charge in [0.15, 0.2) is 0 Å². The lowest BCUT2D eigenvalue weighted by molar-refractivity contribution is -0.139. The molecule has 0 aliphatic heterocycles. The molecule has 0 heterocycles. The van der Waals surface area contributed by atoms with Gasteiger partial charge in [-0.2, -0.15) is 0 Å². The van der Waals surface area contributed by atoms with E-state index in [1.165, 1.54) is 43.5 Å². The Bertz CT molecular complexity index is 2860. The Hall–Kier alpha value is -7.40. The van der Waals surface area contributed by atoms with Crippen LogP contribution >= 0.6 is 0 Å². The molecule has 10 nitrogen and oxygen atoms in total. The third-order valence-electron chi connectivity index (χ3n) is 16.0. The summed E-state index contributed by atoms with van der Waals surface area (Å²) in [6.07, 6.45) is 6.96. The summed E-state index contributed by atoms with van der Waals surface area (Å²) in [6, 6.07) is 43.1. The average molecular weight is 950 g/mol. The predicted molar refractivity (Wildman–Crippen MR) is 265 cm³/mol. The number of halogens is 1. The fraction of sp³-hybridized carbons (Fsp3) is 0.317. The van der Waals surface area contributed by atoms with Crippen LogP contribution in [0.1, 0.15) is 110 Å². The van der Waals surface area contributed by atoms with Gasteiger partial charge in [-0.3, -0.25) is 14.4 Å². The highest BCUT2D eigenvalue weighted by Gasteiger charge is 2.56. The topological polar surface area (TPSA) is 140 Å². The Morgan fingerprint density at radius 2 is 1.01 bits per heavy atom. The number of benzene rings is 6. The molecule has 3 amide bonds. The zero-order valence-electron chi connectivity index (χ0n) is 39.4. The minimum absolute atomic E-state index is 0.0296. The normalized spacial score (nSPS) is 24.4. The van der Waals surface area contributed by atoms with Gasteiger partial charge in [-0.25, -0.2) is 14.0 Å². The van der Waals surface area contributed by atoms with Crippen molar-refractivity contribution in [3.8, 4) is 0 Å². The SMILES string of the molecule is O=C(OCc1ccccc1)c1cc(NC(=O)[C@H](Cc2ccccc2F)NC(=O)[C@H]2C3c4ccccc4C(c4ccccc43)[C@H]2C(=O)NCC23CC4CC(CC(C4)C2)C3)cc(C(=O)OCc2ccccc2)c1. The van der Waals surface area contributed by atoms with Gasteiger partial charge in [0.25, 0.3) is 0 Å². The first-order valence-electron chi connectivity index (χ1n) is 25.0. The van der Waals surface area contributed by atoms with Gasteiger partial charge in [-0.15, -0.1) is 0 Å². The molecule has 0 radical (unpaired) electrons. The van der Waals surface area contributed by atoms with E-state index in [9.17, 15) is 14.4 Å². The molecular formula is C60H56FN3O7. The van der Waals surface area contributed by atoms with Crippen LogP contribution in [0.2, 0.25) is 0 Å². The molecule has 13 rings (SSSR count). The highest BCUT2D eigenvalue weighted by atomic mass is 19.1. The standard InChI is InChI=1S/C60H56FN3O7/c61-49-22-12-7-17-41(49)29-50(55(65)63-44-27-42(58(68)70-33-36-13-3-1-4-14-36)26-43(28-44)59(69)71-34-37-15-5-2-6-16-37)64-57(67)54-52-47-20-10-8-18-45(47)51(46-19-9-11-21-48(46)52)53(54)56(66)62-35-60-30-38-23-39(31-60)25-40(24-38)32-60/h1-22,26-28,38-40,50-54H,23-25,29-35H2,(H,62,66)(H,63,65)(H,64,67)/t38?,39?,40?,50-,51?,52?,53+,54-,60?/m0/s1. The van der Waals surface area contributed by atoms with E-state index in [0.717, 1.165) is 52.6 Å². The second-order valence-corrected chi connectivity index (χ2v) is 20.7. The van der Waals surface area contributed by atoms with Crippen molar-refractivity contribution in [1.29, 1.82) is 0 Å². The van der Waals surface area contributed by atoms with Crippen LogP contribution in [0.3, 0.4) is 0 Å². The zero-order valence-corrected chi connectivity index (χ0v) is 39.4. The van der Waals surface area contributed by atoms with E-state index in [1.54, 1.807) is 18.2 Å². The van der Waals surface area contributed by atoms with Gasteiger partial charge >= 0.3 is 11.9 Å². The number of ether oxygens (including phenoxy) is 2. The molecule has 3 atom stereocenters. The minimum Gasteiger partial charge on any atom is -0.457 e. The Balaban J connectivity index is 0.909. The zero-order chi connectivity index (χ0) is 48.6. The quantitative estimate of drug-likeness (QED) is 0.0871. The molecule has 4 saturated carbocycles. The second kappa shape index (κ2) is 19.4. The molecule has 0 saturated heterocycles. The molecule has 7 aliphatic carbocycles. The monoisotopic (exact) mass is 949 g/mol. The molecule has 3 N–H and O–H groups in total. The number of nitrogens with one attached hydrogen (secondary N) is 3. The third-order valence-corrected chi connectivity index (χ3v) is 16.0. The van der Waals surface area contributed by atoms with Crippen LogP contribution < -0.4 is 16.0 Å². The van der Waals surface area contributed by atoms with Gasteiger partial charge in [-0.1, -0.05) is 127 Å². The molecule has 6 aromatic carbocycles. The predicted octanol–water partition coefficient (Wildman–Crippen LogP) is 10.1. The van der Waals surface area contributed by atoms with E-state index in [0.29, 0.717) is 24.3 Å². The van der Waals surface area contributed by atoms with Gasteiger partial charge < -0.3 is 25.4 Å². The number of fused-ring (bicyclic) bond motifs is 1. The molecule has 6 bridgehead atoms. The van der Waals surface area contributed by atoms with Crippen LogP contribution in [0.5, 0.6) is 0 Å². The van der Waals surface area contributed by atoms with Crippen molar-refractivity contribution in [1.82, 2.24) is 10.6 Å². The van der Waals surface area contributed by atoms with Crippen molar-refractivity contribution in [3.63, 3.8) is 0 Å². The number of rotatable bonds is 15. The Morgan fingerprint density at radius 1 is 0.563 bits per heavy atom. The molecule has 0 unspecified atom stereocenters. The number of carbonyl (C=O) groups excluding carboxylic acids is 5. The van der Waals surface area contributed by atoms with E-state index >= 15 is 14.0 Å². The van der Waals surface area contributed by atoms with Gasteiger partial charge in [0.2, 0.25) is 17.7 Å². The highest BCUT2D eigenvalue weighted by Crippen LogP contribution is 2.61. The first-order chi connectivity index (χ1) is 34.6. The molecule has 7 aliphatic rings. The van der Waals surface area contributed by atoms with Crippen molar-refractivity contribution in [2.45, 2.75) is 76.0 Å². The number of hydrogen-bond acceptors (Lipinski definition) is 7. The summed E-state index contributed by atoms with van der Waals surface area (Å²) in [6.45, 7) is 0.486. The Labute approximate surface area is 412 Å². The number of hydrogen-bond donors (Lipinski definition) is 3. The maximum atomic E-state index is 15.6. The van der Waals surface area contributed by atoms with Crippen LogP contribution in [0.4, 0.5) is 10.1 Å². The number of anilines is 1. The van der Waals surface area contributed by atoms with Gasteiger partial charge in [-0.05, 0) is 125 Å². The van der Waals surface area contributed by atoms with Gasteiger partial charge in [0.1, 0.15) is 25.1 Å². The van der Waals surface area contributed by atoms with E-state index < -0.39 is 59.3 Å². The summed E-state index contributed by atoms with van der Waals surface area (Å²) < 4.78 is 26.9. The summed E-state index contributed by atoms with van der Waals surface area (Å²) in [5.41, 5.74) is 5.66. The molecule has 11 heteroatoms. The van der Waals surface area contributed by atoms with Crippen molar-refractivity contribution in [3.05, 3.63) is 208 Å². The molecule has 71 heavy (non-hydrogen) atoms. The van der Waals surface area contributed by atoms with Crippen LogP contribution in [0.15, 0.2) is 152 Å². The molecule has 360 valence electrons. The molecular weight excluding hydrogens is 894 g/mol. The maximum Gasteiger partial charge on any atom is 0.338 e. The lowest BCUT2D eigenvalue weighted by Crippen LogP contribution is -2.57.